The van der Waals surface area contributed by atoms with Crippen LogP contribution < -0.4 is 10.6 Å². The third kappa shape index (κ3) is 3.69. The van der Waals surface area contributed by atoms with Gasteiger partial charge in [0.2, 0.25) is 5.91 Å². The first-order valence-corrected chi connectivity index (χ1v) is 5.54. The van der Waals surface area contributed by atoms with Crippen molar-refractivity contribution >= 4 is 11.6 Å². The van der Waals surface area contributed by atoms with E-state index in [1.807, 2.05) is 6.92 Å². The predicted molar refractivity (Wildman–Crippen MR) is 62.7 cm³/mol. The molecular weight excluding hydrogens is 226 g/mol. The van der Waals surface area contributed by atoms with Gasteiger partial charge in [0.25, 0.3) is 0 Å². The zero-order chi connectivity index (χ0) is 12.8. The van der Waals surface area contributed by atoms with Crippen molar-refractivity contribution in [2.45, 2.75) is 26.3 Å². The smallest absolute Gasteiger partial charge is 0.242 e. The minimum absolute atomic E-state index is 0.0100. The highest BCUT2D eigenvalue weighted by Gasteiger charge is 2.15. The average Bonchev–Trinajstić information content (AvgIpc) is 2.31. The standard InChI is InChI=1S/C12H16F2N2O/c1-3-7-15-12(17)8(2)16-10-6-4-5-9(13)11(10)14/h4-6,8,16H,3,7H2,1-2H3,(H,15,17). The summed E-state index contributed by atoms with van der Waals surface area (Å²) >= 11 is 0. The summed E-state index contributed by atoms with van der Waals surface area (Å²) in [5.74, 6) is -2.14. The molecule has 1 unspecified atom stereocenters. The van der Waals surface area contributed by atoms with Crippen LogP contribution in [0.25, 0.3) is 0 Å². The fourth-order valence-corrected chi connectivity index (χ4v) is 1.32. The van der Waals surface area contributed by atoms with Crippen molar-refractivity contribution in [3.05, 3.63) is 29.8 Å². The third-order valence-corrected chi connectivity index (χ3v) is 2.27. The van der Waals surface area contributed by atoms with Gasteiger partial charge in [-0.15, -0.1) is 0 Å². The Labute approximate surface area is 99.2 Å². The van der Waals surface area contributed by atoms with Crippen LogP contribution >= 0.6 is 0 Å². The van der Waals surface area contributed by atoms with Gasteiger partial charge in [-0.1, -0.05) is 13.0 Å². The number of hydrogen-bond donors (Lipinski definition) is 2. The highest BCUT2D eigenvalue weighted by atomic mass is 19.2. The van der Waals surface area contributed by atoms with Crippen LogP contribution in [-0.2, 0) is 4.79 Å². The number of halogens is 2. The van der Waals surface area contributed by atoms with E-state index >= 15 is 0 Å². The van der Waals surface area contributed by atoms with Crippen molar-refractivity contribution in [3.63, 3.8) is 0 Å². The number of rotatable bonds is 5. The molecule has 0 fully saturated rings. The Kier molecular flexibility index (Phi) is 4.87. The largest absolute Gasteiger partial charge is 0.371 e. The van der Waals surface area contributed by atoms with Gasteiger partial charge in [0.15, 0.2) is 11.6 Å². The molecule has 0 saturated carbocycles. The summed E-state index contributed by atoms with van der Waals surface area (Å²) in [7, 11) is 0. The molecule has 1 atom stereocenters. The molecule has 0 aliphatic heterocycles. The first-order chi connectivity index (χ1) is 8.06. The van der Waals surface area contributed by atoms with Gasteiger partial charge in [-0.05, 0) is 25.5 Å². The molecule has 0 aliphatic rings. The normalized spacial score (nSPS) is 12.0. The number of benzene rings is 1. The highest BCUT2D eigenvalue weighted by molar-refractivity contribution is 5.84. The Morgan fingerprint density at radius 2 is 2.12 bits per heavy atom. The maximum atomic E-state index is 13.3. The van der Waals surface area contributed by atoms with E-state index in [4.69, 9.17) is 0 Å². The molecule has 0 spiro atoms. The van der Waals surface area contributed by atoms with Crippen molar-refractivity contribution < 1.29 is 13.6 Å². The number of hydrogen-bond acceptors (Lipinski definition) is 2. The van der Waals surface area contributed by atoms with Crippen LogP contribution in [0.3, 0.4) is 0 Å². The lowest BCUT2D eigenvalue weighted by Crippen LogP contribution is -2.38. The van der Waals surface area contributed by atoms with Crippen LogP contribution in [0.2, 0.25) is 0 Å². The molecule has 0 aromatic heterocycles. The number of nitrogens with one attached hydrogen (secondary N) is 2. The fraction of sp³-hybridized carbons (Fsp3) is 0.417. The Morgan fingerprint density at radius 1 is 1.41 bits per heavy atom. The quantitative estimate of drug-likeness (QED) is 0.831. The van der Waals surface area contributed by atoms with E-state index in [-0.39, 0.29) is 11.6 Å². The number of carbonyl (C=O) groups is 1. The Bertz CT molecular complexity index is 396. The SMILES string of the molecule is CCCNC(=O)C(C)Nc1cccc(F)c1F. The molecule has 1 aromatic carbocycles. The summed E-state index contributed by atoms with van der Waals surface area (Å²) in [6.45, 7) is 4.09. The van der Waals surface area contributed by atoms with Crippen molar-refractivity contribution in [2.24, 2.45) is 0 Å². The van der Waals surface area contributed by atoms with Crippen molar-refractivity contribution in [3.8, 4) is 0 Å². The summed E-state index contributed by atoms with van der Waals surface area (Å²) in [6, 6.07) is 3.19. The molecule has 17 heavy (non-hydrogen) atoms. The molecule has 2 N–H and O–H groups in total. The maximum absolute atomic E-state index is 13.3. The van der Waals surface area contributed by atoms with E-state index in [1.165, 1.54) is 12.1 Å². The van der Waals surface area contributed by atoms with Crippen LogP contribution in [0.4, 0.5) is 14.5 Å². The maximum Gasteiger partial charge on any atom is 0.242 e. The number of anilines is 1. The highest BCUT2D eigenvalue weighted by Crippen LogP contribution is 2.17. The van der Waals surface area contributed by atoms with E-state index in [1.54, 1.807) is 6.92 Å². The molecule has 1 aromatic rings. The lowest BCUT2D eigenvalue weighted by atomic mass is 10.2. The summed E-state index contributed by atoms with van der Waals surface area (Å²) in [5.41, 5.74) is -0.0100. The zero-order valence-corrected chi connectivity index (χ0v) is 9.89. The first-order valence-electron chi connectivity index (χ1n) is 5.54. The second kappa shape index (κ2) is 6.18. The Morgan fingerprint density at radius 3 is 2.76 bits per heavy atom. The van der Waals surface area contributed by atoms with Crippen LogP contribution in [0, 0.1) is 11.6 Å². The van der Waals surface area contributed by atoms with E-state index in [0.717, 1.165) is 12.5 Å². The summed E-state index contributed by atoms with van der Waals surface area (Å²) in [5, 5.41) is 5.30. The molecule has 1 amide bonds. The van der Waals surface area contributed by atoms with Crippen LogP contribution in [0.1, 0.15) is 20.3 Å². The average molecular weight is 242 g/mol. The van der Waals surface area contributed by atoms with Gasteiger partial charge in [0.05, 0.1) is 5.69 Å². The third-order valence-electron chi connectivity index (χ3n) is 2.27. The predicted octanol–water partition coefficient (Wildman–Crippen LogP) is 2.29. The summed E-state index contributed by atoms with van der Waals surface area (Å²) < 4.78 is 26.2. The molecule has 0 bridgehead atoms. The van der Waals surface area contributed by atoms with Gasteiger partial charge in [-0.2, -0.15) is 0 Å². The second-order valence-corrected chi connectivity index (χ2v) is 3.76. The number of amides is 1. The zero-order valence-electron chi connectivity index (χ0n) is 9.89. The van der Waals surface area contributed by atoms with Crippen LogP contribution in [-0.4, -0.2) is 18.5 Å². The topological polar surface area (TPSA) is 41.1 Å². The minimum atomic E-state index is -0.970. The van der Waals surface area contributed by atoms with Gasteiger partial charge < -0.3 is 10.6 Å². The van der Waals surface area contributed by atoms with Gasteiger partial charge in [-0.3, -0.25) is 4.79 Å². The summed E-state index contributed by atoms with van der Waals surface area (Å²) in [6.07, 6.45) is 0.826. The molecule has 0 aliphatic carbocycles. The van der Waals surface area contributed by atoms with E-state index in [2.05, 4.69) is 10.6 Å². The van der Waals surface area contributed by atoms with Crippen LogP contribution in [0.15, 0.2) is 18.2 Å². The molecule has 3 nitrogen and oxygen atoms in total. The Hall–Kier alpha value is -1.65. The van der Waals surface area contributed by atoms with E-state index in [9.17, 15) is 13.6 Å². The van der Waals surface area contributed by atoms with Gasteiger partial charge in [0.1, 0.15) is 6.04 Å². The van der Waals surface area contributed by atoms with Crippen molar-refractivity contribution in [2.75, 3.05) is 11.9 Å². The second-order valence-electron chi connectivity index (χ2n) is 3.76. The molecule has 0 heterocycles. The molecule has 1 rings (SSSR count). The van der Waals surface area contributed by atoms with Gasteiger partial charge >= 0.3 is 0 Å². The molecule has 94 valence electrons. The molecular formula is C12H16F2N2O. The lowest BCUT2D eigenvalue weighted by Gasteiger charge is -2.15. The Balaban J connectivity index is 2.64. The van der Waals surface area contributed by atoms with E-state index in [0.29, 0.717) is 6.54 Å². The lowest BCUT2D eigenvalue weighted by molar-refractivity contribution is -0.121. The summed E-state index contributed by atoms with van der Waals surface area (Å²) in [4.78, 5) is 11.5. The van der Waals surface area contributed by atoms with Gasteiger partial charge in [-0.25, -0.2) is 8.78 Å². The van der Waals surface area contributed by atoms with Crippen LogP contribution in [0.5, 0.6) is 0 Å². The number of carbonyl (C=O) groups excluding carboxylic acids is 1. The molecule has 0 saturated heterocycles. The van der Waals surface area contributed by atoms with Gasteiger partial charge in [0, 0.05) is 6.54 Å². The van der Waals surface area contributed by atoms with E-state index < -0.39 is 17.7 Å². The molecule has 5 heteroatoms. The van der Waals surface area contributed by atoms with Crippen molar-refractivity contribution in [1.29, 1.82) is 0 Å². The first kappa shape index (κ1) is 13.4. The minimum Gasteiger partial charge on any atom is -0.371 e. The fourth-order valence-electron chi connectivity index (χ4n) is 1.32. The van der Waals surface area contributed by atoms with Crippen molar-refractivity contribution in [1.82, 2.24) is 5.32 Å². The molecule has 0 radical (unpaired) electrons. The monoisotopic (exact) mass is 242 g/mol.